The van der Waals surface area contributed by atoms with E-state index in [1.807, 2.05) is 72.8 Å². The summed E-state index contributed by atoms with van der Waals surface area (Å²) in [5.41, 5.74) is 3.40. The first kappa shape index (κ1) is 42.9. The molecule has 0 spiro atoms. The van der Waals surface area contributed by atoms with Crippen LogP contribution in [0.4, 0.5) is 0 Å². The molecule has 4 rings (SSSR count). The van der Waals surface area contributed by atoms with Gasteiger partial charge in [0.2, 0.25) is 35.4 Å². The average Bonchev–Trinajstić information content (AvgIpc) is 3.19. The van der Waals surface area contributed by atoms with Gasteiger partial charge in [0.05, 0.1) is 53.1 Å². The Morgan fingerprint density at radius 3 is 1.13 bits per heavy atom. The lowest BCUT2D eigenvalue weighted by molar-refractivity contribution is 0.275. The van der Waals surface area contributed by atoms with Gasteiger partial charge >= 0.3 is 28.8 Å². The normalized spacial score (nSPS) is 12.4. The summed E-state index contributed by atoms with van der Waals surface area (Å²) >= 11 is 16.6. The fourth-order valence-corrected chi connectivity index (χ4v) is 7.92. The predicted molar refractivity (Wildman–Crippen MR) is 228 cm³/mol. The van der Waals surface area contributed by atoms with Gasteiger partial charge in [-0.25, -0.2) is 0 Å². The van der Waals surface area contributed by atoms with Crippen LogP contribution in [-0.2, 0) is 55.2 Å². The zero-order chi connectivity index (χ0) is 39.1. The van der Waals surface area contributed by atoms with Crippen molar-refractivity contribution in [3.63, 3.8) is 0 Å². The van der Waals surface area contributed by atoms with Gasteiger partial charge in [-0.1, -0.05) is 26.5 Å². The van der Waals surface area contributed by atoms with E-state index >= 15 is 0 Å². The summed E-state index contributed by atoms with van der Waals surface area (Å²) in [5.74, 6) is 2.59. The highest BCUT2D eigenvalue weighted by molar-refractivity contribution is 8.02. The molecular weight excluding hydrogens is 825 g/mol. The number of methoxy groups -OCH3 is 1. The Balaban J connectivity index is 1.21. The van der Waals surface area contributed by atoms with E-state index in [1.165, 1.54) is 14.2 Å². The molecular formula is C34H39N6O7P4S3+3. The molecule has 0 aliphatic rings. The van der Waals surface area contributed by atoms with Gasteiger partial charge in [0.15, 0.2) is 17.2 Å². The lowest BCUT2D eigenvalue weighted by Crippen LogP contribution is -2.04. The van der Waals surface area contributed by atoms with Crippen LogP contribution in [0.2, 0.25) is 0 Å². The van der Waals surface area contributed by atoms with E-state index < -0.39 is 28.8 Å². The molecule has 4 aromatic rings. The molecule has 0 fully saturated rings. The third-order valence-electron chi connectivity index (χ3n) is 7.11. The van der Waals surface area contributed by atoms with Crippen molar-refractivity contribution >= 4 is 82.9 Å². The molecule has 3 unspecified atom stereocenters. The van der Waals surface area contributed by atoms with Crippen LogP contribution < -0.4 is 18.3 Å². The fourth-order valence-electron chi connectivity index (χ4n) is 4.03. The molecule has 13 nitrogen and oxygen atoms in total. The van der Waals surface area contributed by atoms with Crippen molar-refractivity contribution in [2.24, 2.45) is 15.3 Å². The van der Waals surface area contributed by atoms with Gasteiger partial charge in [-0.05, 0) is 107 Å². The van der Waals surface area contributed by atoms with E-state index in [-0.39, 0.29) is 6.16 Å². The van der Waals surface area contributed by atoms with Crippen molar-refractivity contribution < 1.29 is 31.9 Å². The van der Waals surface area contributed by atoms with Crippen molar-refractivity contribution in [3.8, 4) is 23.0 Å². The van der Waals surface area contributed by atoms with E-state index in [0.29, 0.717) is 17.2 Å². The van der Waals surface area contributed by atoms with Crippen molar-refractivity contribution in [2.75, 3.05) is 42.5 Å². The van der Waals surface area contributed by atoms with Gasteiger partial charge in [-0.3, -0.25) is 18.1 Å². The van der Waals surface area contributed by atoms with E-state index in [4.69, 9.17) is 62.8 Å². The minimum atomic E-state index is -3.16. The summed E-state index contributed by atoms with van der Waals surface area (Å²) < 4.78 is 50.1. The third-order valence-corrected chi connectivity index (χ3v) is 14.6. The Labute approximate surface area is 333 Å². The maximum atomic E-state index is 12.4. The second-order valence-electron chi connectivity index (χ2n) is 10.9. The van der Waals surface area contributed by atoms with Crippen LogP contribution >= 0.6 is 28.8 Å². The predicted octanol–water partition coefficient (Wildman–Crippen LogP) is 9.04. The number of nitrogens with zero attached hydrogens (tertiary/aromatic N) is 6. The van der Waals surface area contributed by atoms with Crippen LogP contribution in [0.5, 0.6) is 23.0 Å². The third kappa shape index (κ3) is 13.8. The molecule has 0 aliphatic carbocycles. The Morgan fingerprint density at radius 2 is 0.833 bits per heavy atom. The number of hydrazone groups is 3. The molecule has 4 aromatic carbocycles. The van der Waals surface area contributed by atoms with Crippen LogP contribution in [0.1, 0.15) is 22.3 Å². The molecule has 282 valence electrons. The Hall–Kier alpha value is -3.80. The van der Waals surface area contributed by atoms with Crippen LogP contribution in [-0.4, -0.2) is 75.5 Å². The molecule has 0 saturated heterocycles. The zero-order valence-corrected chi connectivity index (χ0v) is 36.3. The number of hydrogen-bond donors (Lipinski definition) is 0. The summed E-state index contributed by atoms with van der Waals surface area (Å²) in [4.78, 5) is 0. The first-order valence-corrected chi connectivity index (χ1v) is 24.2. The molecule has 0 radical (unpaired) electrons. The SMILES string of the molecule is COc1ccc(/C=N\N(C)[P+](=S)Oc2ccc(/C=N\N(C)[P+](=S)Oc3ccc(/C=N\N(C)[P+](=S)Oc4ccc(CP(=O)(OC)OC)cc4)cc3)cc2)cc1. The molecule has 0 bridgehead atoms. The highest BCUT2D eigenvalue weighted by Gasteiger charge is 2.24. The first-order chi connectivity index (χ1) is 25.9. The monoisotopic (exact) mass is 863 g/mol. The van der Waals surface area contributed by atoms with E-state index in [0.717, 1.165) is 28.0 Å². The van der Waals surface area contributed by atoms with E-state index in [9.17, 15) is 4.57 Å². The Bertz CT molecular complexity index is 2020. The average molecular weight is 864 g/mol. The molecule has 0 N–H and O–H groups in total. The van der Waals surface area contributed by atoms with Crippen LogP contribution in [0.3, 0.4) is 0 Å². The lowest BCUT2D eigenvalue weighted by Gasteiger charge is -2.13. The maximum absolute atomic E-state index is 12.4. The fraction of sp³-hybridized carbons (Fsp3) is 0.206. The lowest BCUT2D eigenvalue weighted by atomic mass is 10.2. The first-order valence-electron chi connectivity index (χ1n) is 15.8. The summed E-state index contributed by atoms with van der Waals surface area (Å²) in [6, 6.07) is 29.4. The van der Waals surface area contributed by atoms with Crippen molar-refractivity contribution in [1.29, 1.82) is 0 Å². The number of rotatable bonds is 20. The van der Waals surface area contributed by atoms with Gasteiger partial charge in [-0.2, -0.15) is 0 Å². The van der Waals surface area contributed by atoms with Crippen LogP contribution in [0, 0.1) is 0 Å². The van der Waals surface area contributed by atoms with Crippen molar-refractivity contribution in [2.45, 2.75) is 6.16 Å². The Morgan fingerprint density at radius 1 is 0.537 bits per heavy atom. The Kier molecular flexibility index (Phi) is 17.0. The zero-order valence-electron chi connectivity index (χ0n) is 30.2. The van der Waals surface area contributed by atoms with Gasteiger partial charge in [0.25, 0.3) is 0 Å². The second-order valence-corrected chi connectivity index (χ2v) is 19.7. The van der Waals surface area contributed by atoms with E-state index in [2.05, 4.69) is 15.3 Å². The van der Waals surface area contributed by atoms with E-state index in [1.54, 1.807) is 85.5 Å². The van der Waals surface area contributed by atoms with Crippen molar-refractivity contribution in [3.05, 3.63) is 119 Å². The minimum absolute atomic E-state index is 0.156. The van der Waals surface area contributed by atoms with Gasteiger partial charge in [-0.15, -0.1) is 15.3 Å². The van der Waals surface area contributed by atoms with Gasteiger partial charge in [0.1, 0.15) is 5.75 Å². The molecule has 0 amide bonds. The smallest absolute Gasteiger partial charge is 0.497 e. The molecule has 54 heavy (non-hydrogen) atoms. The summed E-state index contributed by atoms with van der Waals surface area (Å²) in [7, 11) is 2.12. The van der Waals surface area contributed by atoms with Gasteiger partial charge < -0.3 is 13.8 Å². The summed E-state index contributed by atoms with van der Waals surface area (Å²) in [6.07, 6.45) is 5.26. The standard InChI is InChI=1S/C34H39N6O7P4S3/c1-38(35-23-27-7-15-31(42-4)16-8-27)48(52)45-32-17-9-28(10-18-32)24-36-39(2)49(53)46-33-19-11-29(12-20-33)25-37-40(3)50(54)47-34-21-13-30(14-22-34)26-51(41,43-5)44-6/h7-25H,26H2,1-6H3/q+3/b35-23-,36-24-,37-25-. The summed E-state index contributed by atoms with van der Waals surface area (Å²) in [5, 5.41) is 13.3. The summed E-state index contributed by atoms with van der Waals surface area (Å²) in [6.45, 7) is 0. The number of ether oxygens (including phenoxy) is 1. The molecule has 3 atom stereocenters. The van der Waals surface area contributed by atoms with Crippen LogP contribution in [0.15, 0.2) is 112 Å². The molecule has 0 saturated carbocycles. The highest BCUT2D eigenvalue weighted by atomic mass is 32.4. The maximum Gasteiger partial charge on any atom is 0.540 e. The molecule has 20 heteroatoms. The van der Waals surface area contributed by atoms with Crippen LogP contribution in [0.25, 0.3) is 0 Å². The topological polar surface area (TPSA) is 119 Å². The minimum Gasteiger partial charge on any atom is -0.497 e. The number of benzene rings is 4. The second kappa shape index (κ2) is 21.3. The molecule has 0 aromatic heterocycles. The largest absolute Gasteiger partial charge is 0.540 e. The molecule has 0 heterocycles. The highest BCUT2D eigenvalue weighted by Crippen LogP contribution is 2.49. The van der Waals surface area contributed by atoms with Gasteiger partial charge in [0, 0.05) is 14.2 Å². The quantitative estimate of drug-likeness (QED) is 0.0478. The molecule has 0 aliphatic heterocycles. The van der Waals surface area contributed by atoms with Crippen molar-refractivity contribution in [1.82, 2.24) is 14.3 Å². The number of hydrogen-bond acceptors (Lipinski definition) is 13.